The first-order chi connectivity index (χ1) is 7.68. The van der Waals surface area contributed by atoms with Gasteiger partial charge in [-0.1, -0.05) is 71.4 Å². The summed E-state index contributed by atoms with van der Waals surface area (Å²) in [5.74, 6) is 0. The zero-order valence-electron chi connectivity index (χ0n) is 11.6. The van der Waals surface area contributed by atoms with Crippen molar-refractivity contribution in [3.63, 3.8) is 0 Å². The van der Waals surface area contributed by atoms with Gasteiger partial charge in [0.2, 0.25) is 0 Å². The van der Waals surface area contributed by atoms with Crippen LogP contribution in [0.2, 0.25) is 0 Å². The second-order valence-corrected chi connectivity index (χ2v) is 5.16. The lowest BCUT2D eigenvalue weighted by Gasteiger charge is -2.24. The van der Waals surface area contributed by atoms with Gasteiger partial charge in [0.05, 0.1) is 0 Å². The summed E-state index contributed by atoms with van der Waals surface area (Å²) in [6.07, 6.45) is 15.3. The molecule has 0 aromatic rings. The van der Waals surface area contributed by atoms with E-state index in [-0.39, 0.29) is 0 Å². The second-order valence-electron chi connectivity index (χ2n) is 5.16. The average molecular weight is 225 g/mol. The van der Waals surface area contributed by atoms with Crippen LogP contribution in [0.15, 0.2) is 12.2 Å². The highest BCUT2D eigenvalue weighted by Crippen LogP contribution is 2.30. The van der Waals surface area contributed by atoms with Crippen LogP contribution in [-0.2, 0) is 0 Å². The summed E-state index contributed by atoms with van der Waals surface area (Å²) in [7, 11) is 0. The maximum Gasteiger partial charge on any atom is 0.0107 e. The van der Waals surface area contributed by atoms with Gasteiger partial charge in [0, 0.05) is 6.54 Å². The van der Waals surface area contributed by atoms with E-state index in [4.69, 9.17) is 5.73 Å². The highest BCUT2D eigenvalue weighted by atomic mass is 14.5. The Morgan fingerprint density at radius 2 is 1.62 bits per heavy atom. The number of hydrogen-bond acceptors (Lipinski definition) is 1. The molecule has 1 atom stereocenters. The van der Waals surface area contributed by atoms with Crippen LogP contribution in [0.5, 0.6) is 0 Å². The van der Waals surface area contributed by atoms with Gasteiger partial charge in [0.1, 0.15) is 0 Å². The zero-order chi connectivity index (χ0) is 12.3. The van der Waals surface area contributed by atoms with Crippen LogP contribution in [0, 0.1) is 5.41 Å². The quantitative estimate of drug-likeness (QED) is 0.424. The zero-order valence-corrected chi connectivity index (χ0v) is 11.6. The normalized spacial score (nSPS) is 15.5. The van der Waals surface area contributed by atoms with E-state index in [1.807, 2.05) is 0 Å². The number of allylic oxidation sites excluding steroid dienone is 1. The summed E-state index contributed by atoms with van der Waals surface area (Å²) in [6, 6.07) is 0. The molecular formula is C15H31N. The van der Waals surface area contributed by atoms with Gasteiger partial charge in [-0.05, 0) is 18.3 Å². The molecule has 0 bridgehead atoms. The van der Waals surface area contributed by atoms with Crippen molar-refractivity contribution in [2.45, 2.75) is 72.1 Å². The van der Waals surface area contributed by atoms with Crippen LogP contribution in [0.4, 0.5) is 0 Å². The topological polar surface area (TPSA) is 26.0 Å². The minimum Gasteiger partial charge on any atom is -0.327 e. The summed E-state index contributed by atoms with van der Waals surface area (Å²) in [5.41, 5.74) is 5.89. The van der Waals surface area contributed by atoms with Gasteiger partial charge in [-0.3, -0.25) is 0 Å². The molecule has 0 saturated carbocycles. The molecule has 0 aliphatic rings. The van der Waals surface area contributed by atoms with Gasteiger partial charge < -0.3 is 5.73 Å². The van der Waals surface area contributed by atoms with Crippen LogP contribution in [0.1, 0.15) is 72.1 Å². The Kier molecular flexibility index (Phi) is 9.71. The third kappa shape index (κ3) is 7.92. The van der Waals surface area contributed by atoms with E-state index >= 15 is 0 Å². The lowest BCUT2D eigenvalue weighted by atomic mass is 9.81. The predicted molar refractivity (Wildman–Crippen MR) is 74.6 cm³/mol. The maximum atomic E-state index is 5.51. The summed E-state index contributed by atoms with van der Waals surface area (Å²) < 4.78 is 0. The van der Waals surface area contributed by atoms with Crippen molar-refractivity contribution >= 4 is 0 Å². The first-order valence-corrected chi connectivity index (χ1v) is 7.06. The first kappa shape index (κ1) is 15.7. The first-order valence-electron chi connectivity index (χ1n) is 7.06. The van der Waals surface area contributed by atoms with Gasteiger partial charge in [0.25, 0.3) is 0 Å². The van der Waals surface area contributed by atoms with Gasteiger partial charge in [0.15, 0.2) is 0 Å². The Morgan fingerprint density at radius 3 is 2.19 bits per heavy atom. The largest absolute Gasteiger partial charge is 0.327 e. The Bertz CT molecular complexity index is 174. The van der Waals surface area contributed by atoms with Crippen LogP contribution in [0.25, 0.3) is 0 Å². The number of hydrogen-bond donors (Lipinski definition) is 1. The van der Waals surface area contributed by atoms with E-state index < -0.39 is 0 Å². The molecule has 0 saturated heterocycles. The highest BCUT2D eigenvalue weighted by molar-refractivity contribution is 4.97. The summed E-state index contributed by atoms with van der Waals surface area (Å²) in [5, 5.41) is 0. The molecule has 1 heteroatoms. The molecule has 0 aromatic heterocycles. The van der Waals surface area contributed by atoms with E-state index in [1.54, 1.807) is 0 Å². The third-order valence-electron chi connectivity index (χ3n) is 3.57. The molecule has 16 heavy (non-hydrogen) atoms. The fourth-order valence-electron chi connectivity index (χ4n) is 2.04. The summed E-state index contributed by atoms with van der Waals surface area (Å²) in [4.78, 5) is 0. The van der Waals surface area contributed by atoms with Crippen molar-refractivity contribution in [1.29, 1.82) is 0 Å². The van der Waals surface area contributed by atoms with E-state index in [0.717, 1.165) is 0 Å². The molecule has 0 spiro atoms. The Labute approximate surface area is 102 Å². The number of nitrogens with two attached hydrogens (primary N) is 1. The van der Waals surface area contributed by atoms with Gasteiger partial charge in [-0.15, -0.1) is 0 Å². The third-order valence-corrected chi connectivity index (χ3v) is 3.57. The standard InChI is InChI=1S/C15H31N/c1-4-6-7-8-9-10-12-15(3,5-2)13-11-14-16/h11,13H,4-10,12,14,16H2,1-3H3/b13-11-. The molecule has 0 heterocycles. The fourth-order valence-corrected chi connectivity index (χ4v) is 2.04. The van der Waals surface area contributed by atoms with Crippen LogP contribution >= 0.6 is 0 Å². The van der Waals surface area contributed by atoms with Gasteiger partial charge >= 0.3 is 0 Å². The number of rotatable bonds is 10. The van der Waals surface area contributed by atoms with E-state index in [1.165, 1.54) is 51.4 Å². The Hall–Kier alpha value is -0.300. The van der Waals surface area contributed by atoms with Crippen LogP contribution < -0.4 is 5.73 Å². The minimum absolute atomic E-state index is 0.379. The van der Waals surface area contributed by atoms with E-state index in [0.29, 0.717) is 12.0 Å². The highest BCUT2D eigenvalue weighted by Gasteiger charge is 2.16. The maximum absolute atomic E-state index is 5.51. The smallest absolute Gasteiger partial charge is 0.0107 e. The van der Waals surface area contributed by atoms with E-state index in [2.05, 4.69) is 32.9 Å². The lowest BCUT2D eigenvalue weighted by molar-refractivity contribution is 0.356. The Balaban J connectivity index is 3.65. The van der Waals surface area contributed by atoms with Crippen molar-refractivity contribution < 1.29 is 0 Å². The van der Waals surface area contributed by atoms with Crippen molar-refractivity contribution in [3.8, 4) is 0 Å². The van der Waals surface area contributed by atoms with E-state index in [9.17, 15) is 0 Å². The lowest BCUT2D eigenvalue weighted by Crippen LogP contribution is -2.12. The minimum atomic E-state index is 0.379. The van der Waals surface area contributed by atoms with Gasteiger partial charge in [-0.2, -0.15) is 0 Å². The molecule has 1 unspecified atom stereocenters. The molecule has 0 fully saturated rings. The molecule has 0 aliphatic carbocycles. The van der Waals surface area contributed by atoms with Crippen molar-refractivity contribution in [2.24, 2.45) is 11.1 Å². The average Bonchev–Trinajstić information content (AvgIpc) is 2.31. The van der Waals surface area contributed by atoms with Crippen LogP contribution in [-0.4, -0.2) is 6.54 Å². The monoisotopic (exact) mass is 225 g/mol. The van der Waals surface area contributed by atoms with Gasteiger partial charge in [-0.25, -0.2) is 0 Å². The second kappa shape index (κ2) is 9.89. The SMILES string of the molecule is CCCCCCCCC(C)(/C=C\CN)CC. The molecule has 0 aromatic carbocycles. The molecule has 0 amide bonds. The molecule has 2 N–H and O–H groups in total. The molecule has 96 valence electrons. The van der Waals surface area contributed by atoms with Crippen molar-refractivity contribution in [2.75, 3.05) is 6.54 Å². The number of unbranched alkanes of at least 4 members (excludes halogenated alkanes) is 5. The predicted octanol–water partition coefficient (Wildman–Crippen LogP) is 4.67. The van der Waals surface area contributed by atoms with Crippen molar-refractivity contribution in [1.82, 2.24) is 0 Å². The molecule has 0 aliphatic heterocycles. The van der Waals surface area contributed by atoms with Crippen LogP contribution in [0.3, 0.4) is 0 Å². The molecule has 1 nitrogen and oxygen atoms in total. The molecular weight excluding hydrogens is 194 g/mol. The fraction of sp³-hybridized carbons (Fsp3) is 0.867. The van der Waals surface area contributed by atoms with Crippen molar-refractivity contribution in [3.05, 3.63) is 12.2 Å². The molecule has 0 rings (SSSR count). The molecule has 0 radical (unpaired) electrons. The summed E-state index contributed by atoms with van der Waals surface area (Å²) >= 11 is 0. The Morgan fingerprint density at radius 1 is 1.00 bits per heavy atom. The summed E-state index contributed by atoms with van der Waals surface area (Å²) in [6.45, 7) is 7.57.